The summed E-state index contributed by atoms with van der Waals surface area (Å²) in [6.07, 6.45) is 4.92. The summed E-state index contributed by atoms with van der Waals surface area (Å²) in [5, 5.41) is 0.407. The minimum absolute atomic E-state index is 0.178. The molecule has 0 radical (unpaired) electrons. The van der Waals surface area contributed by atoms with Gasteiger partial charge < -0.3 is 4.98 Å². The Morgan fingerprint density at radius 3 is 2.26 bits per heavy atom. The Balaban J connectivity index is 0.000000224. The van der Waals surface area contributed by atoms with E-state index in [0.717, 1.165) is 4.09 Å². The zero-order valence-corrected chi connectivity index (χ0v) is 11.3. The van der Waals surface area contributed by atoms with Gasteiger partial charge in [-0.25, -0.2) is 0 Å². The SMILES string of the molecule is O=S(=O)(O)c1cn(Cl)c2ccccc12.c1cc[nH]c1. The van der Waals surface area contributed by atoms with E-state index in [1.165, 1.54) is 6.20 Å². The normalized spacial score (nSPS) is 11.1. The highest BCUT2D eigenvalue weighted by molar-refractivity contribution is 7.86. The zero-order chi connectivity index (χ0) is 13.9. The summed E-state index contributed by atoms with van der Waals surface area (Å²) >= 11 is 5.72. The molecule has 0 amide bonds. The molecule has 0 atom stereocenters. The van der Waals surface area contributed by atoms with Gasteiger partial charge in [0.05, 0.1) is 5.52 Å². The molecule has 3 aromatic rings. The lowest BCUT2D eigenvalue weighted by atomic mass is 10.2. The molecule has 7 heteroatoms. The molecule has 0 saturated carbocycles. The van der Waals surface area contributed by atoms with Crippen molar-refractivity contribution in [3.63, 3.8) is 0 Å². The molecule has 1 aromatic carbocycles. The van der Waals surface area contributed by atoms with Crippen molar-refractivity contribution in [1.82, 2.24) is 9.07 Å². The van der Waals surface area contributed by atoms with Crippen molar-refractivity contribution < 1.29 is 13.0 Å². The molecule has 3 rings (SSSR count). The van der Waals surface area contributed by atoms with Gasteiger partial charge in [-0.1, -0.05) is 18.2 Å². The number of halogens is 1. The molecule has 2 heterocycles. The zero-order valence-electron chi connectivity index (χ0n) is 9.69. The van der Waals surface area contributed by atoms with Gasteiger partial charge in [0, 0.05) is 35.8 Å². The number of benzene rings is 1. The molecule has 100 valence electrons. The fourth-order valence-corrected chi connectivity index (χ4v) is 2.59. The molecule has 5 nitrogen and oxygen atoms in total. The number of nitrogens with zero attached hydrogens (tertiary/aromatic N) is 1. The lowest BCUT2D eigenvalue weighted by Crippen LogP contribution is -1.95. The fourth-order valence-electron chi connectivity index (χ4n) is 1.59. The molecule has 0 aliphatic carbocycles. The van der Waals surface area contributed by atoms with Gasteiger partial charge in [0.25, 0.3) is 10.1 Å². The number of fused-ring (bicyclic) bond motifs is 1. The Hall–Kier alpha value is -1.76. The second-order valence-electron chi connectivity index (χ2n) is 3.68. The fraction of sp³-hybridized carbons (Fsp3) is 0. The van der Waals surface area contributed by atoms with Gasteiger partial charge in [-0.2, -0.15) is 8.42 Å². The summed E-state index contributed by atoms with van der Waals surface area (Å²) in [7, 11) is -4.21. The highest BCUT2D eigenvalue weighted by Crippen LogP contribution is 2.25. The van der Waals surface area contributed by atoms with Crippen molar-refractivity contribution in [2.24, 2.45) is 0 Å². The van der Waals surface area contributed by atoms with Gasteiger partial charge >= 0.3 is 0 Å². The summed E-state index contributed by atoms with van der Waals surface area (Å²) in [5.74, 6) is 0. The highest BCUT2D eigenvalue weighted by atomic mass is 35.5. The summed E-state index contributed by atoms with van der Waals surface area (Å²) in [6.45, 7) is 0. The van der Waals surface area contributed by atoms with Crippen LogP contribution in [0.25, 0.3) is 10.9 Å². The maximum Gasteiger partial charge on any atom is 0.296 e. The average molecular weight is 299 g/mol. The van der Waals surface area contributed by atoms with Crippen LogP contribution < -0.4 is 0 Å². The largest absolute Gasteiger partial charge is 0.368 e. The van der Waals surface area contributed by atoms with Crippen molar-refractivity contribution in [2.75, 3.05) is 0 Å². The van der Waals surface area contributed by atoms with Gasteiger partial charge in [-0.15, -0.1) is 0 Å². The van der Waals surface area contributed by atoms with Crippen molar-refractivity contribution in [2.45, 2.75) is 4.90 Å². The van der Waals surface area contributed by atoms with Crippen LogP contribution in [0, 0.1) is 0 Å². The van der Waals surface area contributed by atoms with E-state index in [1.54, 1.807) is 24.3 Å². The van der Waals surface area contributed by atoms with E-state index >= 15 is 0 Å². The van der Waals surface area contributed by atoms with Crippen LogP contribution in [-0.4, -0.2) is 22.0 Å². The van der Waals surface area contributed by atoms with Gasteiger partial charge in [0.15, 0.2) is 0 Å². The van der Waals surface area contributed by atoms with Crippen LogP contribution in [-0.2, 0) is 10.1 Å². The van der Waals surface area contributed by atoms with Gasteiger partial charge in [0.2, 0.25) is 0 Å². The predicted octanol–water partition coefficient (Wildman–Crippen LogP) is 2.90. The third-order valence-electron chi connectivity index (χ3n) is 2.40. The molecule has 0 saturated heterocycles. The van der Waals surface area contributed by atoms with E-state index in [4.69, 9.17) is 16.3 Å². The lowest BCUT2D eigenvalue weighted by Gasteiger charge is -1.92. The number of rotatable bonds is 1. The topological polar surface area (TPSA) is 75.1 Å². The van der Waals surface area contributed by atoms with Crippen LogP contribution in [0.2, 0.25) is 0 Å². The highest BCUT2D eigenvalue weighted by Gasteiger charge is 2.17. The third kappa shape index (κ3) is 3.17. The minimum atomic E-state index is -4.21. The Kier molecular flexibility index (Phi) is 3.94. The number of aromatic nitrogens is 2. The third-order valence-corrected chi connectivity index (χ3v) is 3.56. The summed E-state index contributed by atoms with van der Waals surface area (Å²) in [6, 6.07) is 10.5. The van der Waals surface area contributed by atoms with Crippen LogP contribution in [0.1, 0.15) is 0 Å². The first-order valence-electron chi connectivity index (χ1n) is 5.31. The monoisotopic (exact) mass is 298 g/mol. The maximum absolute atomic E-state index is 10.9. The van der Waals surface area contributed by atoms with E-state index < -0.39 is 10.1 Å². The first-order chi connectivity index (χ1) is 9.00. The molecule has 0 spiro atoms. The number of aromatic amines is 1. The molecule has 19 heavy (non-hydrogen) atoms. The first-order valence-corrected chi connectivity index (χ1v) is 7.09. The van der Waals surface area contributed by atoms with Crippen LogP contribution in [0.15, 0.2) is 59.9 Å². The van der Waals surface area contributed by atoms with Crippen molar-refractivity contribution in [1.29, 1.82) is 0 Å². The number of para-hydroxylation sites is 1. The second-order valence-corrected chi connectivity index (χ2v) is 5.44. The molecule has 2 aromatic heterocycles. The predicted molar refractivity (Wildman–Crippen MR) is 73.8 cm³/mol. The summed E-state index contributed by atoms with van der Waals surface area (Å²) in [4.78, 5) is 2.68. The van der Waals surface area contributed by atoms with E-state index in [9.17, 15) is 8.42 Å². The van der Waals surface area contributed by atoms with Crippen LogP contribution in [0.3, 0.4) is 0 Å². The number of hydrogen-bond acceptors (Lipinski definition) is 2. The minimum Gasteiger partial charge on any atom is -0.368 e. The van der Waals surface area contributed by atoms with Gasteiger partial charge in [-0.3, -0.25) is 8.64 Å². The second kappa shape index (κ2) is 5.48. The standard InChI is InChI=1S/C8H6ClNO3S.C4H5N/c9-10-5-8(14(11,12)13)6-3-1-2-4-7(6)10;1-2-4-5-3-1/h1-5H,(H,11,12,13);1-5H. The Morgan fingerprint density at radius 1 is 1.11 bits per heavy atom. The smallest absolute Gasteiger partial charge is 0.296 e. The van der Waals surface area contributed by atoms with Crippen molar-refractivity contribution in [3.05, 3.63) is 55.0 Å². The lowest BCUT2D eigenvalue weighted by molar-refractivity contribution is 0.484. The van der Waals surface area contributed by atoms with E-state index in [-0.39, 0.29) is 4.90 Å². The Bertz CT molecular complexity index is 746. The number of nitrogens with one attached hydrogen (secondary N) is 1. The quantitative estimate of drug-likeness (QED) is 0.678. The van der Waals surface area contributed by atoms with Gasteiger partial charge in [-0.05, 0) is 18.2 Å². The van der Waals surface area contributed by atoms with Crippen LogP contribution in [0.4, 0.5) is 0 Å². The van der Waals surface area contributed by atoms with Crippen molar-refractivity contribution >= 4 is 32.8 Å². The molecule has 0 unspecified atom stereocenters. The molecule has 0 fully saturated rings. The van der Waals surface area contributed by atoms with E-state index in [2.05, 4.69) is 4.98 Å². The average Bonchev–Trinajstić information content (AvgIpc) is 3.00. The summed E-state index contributed by atoms with van der Waals surface area (Å²) in [5.41, 5.74) is 0.543. The van der Waals surface area contributed by atoms with E-state index in [0.29, 0.717) is 10.9 Å². The van der Waals surface area contributed by atoms with Crippen LogP contribution in [0.5, 0.6) is 0 Å². The molecular weight excluding hydrogens is 288 g/mol. The molecule has 0 aliphatic rings. The number of hydrogen-bond donors (Lipinski definition) is 2. The van der Waals surface area contributed by atoms with Crippen molar-refractivity contribution in [3.8, 4) is 0 Å². The van der Waals surface area contributed by atoms with Gasteiger partial charge in [0.1, 0.15) is 4.90 Å². The Morgan fingerprint density at radius 2 is 1.74 bits per heavy atom. The number of H-pyrrole nitrogens is 1. The molecule has 0 aliphatic heterocycles. The molecular formula is C12H11ClN2O3S. The molecule has 2 N–H and O–H groups in total. The molecule has 0 bridgehead atoms. The first kappa shape index (κ1) is 13.7. The Labute approximate surface area is 115 Å². The van der Waals surface area contributed by atoms with Crippen LogP contribution >= 0.6 is 11.8 Å². The van der Waals surface area contributed by atoms with E-state index in [1.807, 2.05) is 24.5 Å². The summed E-state index contributed by atoms with van der Waals surface area (Å²) < 4.78 is 31.9. The maximum atomic E-state index is 10.9.